The van der Waals surface area contributed by atoms with Crippen LogP contribution in [-0.2, 0) is 11.3 Å². The number of pyridine rings is 1. The highest BCUT2D eigenvalue weighted by Crippen LogP contribution is 2.21. The van der Waals surface area contributed by atoms with Gasteiger partial charge in [-0.1, -0.05) is 12.1 Å². The first-order chi connectivity index (χ1) is 13.6. The molecular formula is C21H30N4O3. The van der Waals surface area contributed by atoms with Gasteiger partial charge < -0.3 is 25.2 Å². The molecule has 0 saturated carbocycles. The third-order valence-electron chi connectivity index (χ3n) is 4.07. The molecule has 152 valence electrons. The van der Waals surface area contributed by atoms with Crippen molar-refractivity contribution in [3.05, 3.63) is 59.4 Å². The zero-order valence-electron chi connectivity index (χ0n) is 16.8. The maximum atomic E-state index is 10.3. The molecule has 0 aliphatic carbocycles. The molecule has 0 aliphatic rings. The number of aliphatic imine (C=N–C) groups is 1. The van der Waals surface area contributed by atoms with Crippen molar-refractivity contribution in [1.29, 1.82) is 0 Å². The largest absolute Gasteiger partial charge is 0.491 e. The maximum Gasteiger partial charge on any atom is 0.191 e. The summed E-state index contributed by atoms with van der Waals surface area (Å²) in [7, 11) is 1.65. The number of rotatable bonds is 10. The van der Waals surface area contributed by atoms with Crippen LogP contribution < -0.4 is 15.4 Å². The van der Waals surface area contributed by atoms with Crippen LogP contribution in [0.5, 0.6) is 5.75 Å². The molecule has 1 unspecified atom stereocenters. The summed E-state index contributed by atoms with van der Waals surface area (Å²) in [5, 5.41) is 16.7. The van der Waals surface area contributed by atoms with E-state index in [0.29, 0.717) is 32.3 Å². The van der Waals surface area contributed by atoms with Gasteiger partial charge >= 0.3 is 0 Å². The van der Waals surface area contributed by atoms with Crippen LogP contribution in [0.3, 0.4) is 0 Å². The molecule has 1 aromatic carbocycles. The summed E-state index contributed by atoms with van der Waals surface area (Å²) in [6, 6.07) is 9.67. The summed E-state index contributed by atoms with van der Waals surface area (Å²) in [5.41, 5.74) is 2.94. The number of aryl methyl sites for hydroxylation is 1. The van der Waals surface area contributed by atoms with E-state index in [1.54, 1.807) is 31.6 Å². The van der Waals surface area contributed by atoms with Gasteiger partial charge in [-0.3, -0.25) is 4.98 Å². The number of hydrogen-bond acceptors (Lipinski definition) is 5. The van der Waals surface area contributed by atoms with Gasteiger partial charge in [0.05, 0.1) is 19.3 Å². The van der Waals surface area contributed by atoms with Crippen LogP contribution in [-0.4, -0.2) is 49.5 Å². The first kappa shape index (κ1) is 21.7. The lowest BCUT2D eigenvalue weighted by Gasteiger charge is -2.16. The van der Waals surface area contributed by atoms with Crippen molar-refractivity contribution in [1.82, 2.24) is 15.6 Å². The fourth-order valence-electron chi connectivity index (χ4n) is 2.56. The Bertz CT molecular complexity index is 738. The van der Waals surface area contributed by atoms with Crippen LogP contribution in [0.4, 0.5) is 0 Å². The second kappa shape index (κ2) is 11.9. The quantitative estimate of drug-likeness (QED) is 0.330. The molecule has 0 bridgehead atoms. The van der Waals surface area contributed by atoms with Crippen LogP contribution in [0.2, 0.25) is 0 Å². The maximum absolute atomic E-state index is 10.3. The molecular weight excluding hydrogens is 356 g/mol. The molecule has 1 heterocycles. The molecule has 7 heteroatoms. The van der Waals surface area contributed by atoms with Gasteiger partial charge in [0.1, 0.15) is 12.4 Å². The normalized spacial score (nSPS) is 12.5. The summed E-state index contributed by atoms with van der Waals surface area (Å²) >= 11 is 0. The van der Waals surface area contributed by atoms with Gasteiger partial charge in [-0.25, -0.2) is 4.99 Å². The van der Waals surface area contributed by atoms with Crippen LogP contribution in [0.25, 0.3) is 0 Å². The second-order valence-corrected chi connectivity index (χ2v) is 6.32. The van der Waals surface area contributed by atoms with Crippen molar-refractivity contribution >= 4 is 5.96 Å². The number of guanidine groups is 1. The van der Waals surface area contributed by atoms with Crippen molar-refractivity contribution < 1.29 is 14.6 Å². The summed E-state index contributed by atoms with van der Waals surface area (Å²) < 4.78 is 10.9. The molecule has 1 aromatic heterocycles. The Balaban J connectivity index is 2.01. The zero-order valence-corrected chi connectivity index (χ0v) is 16.8. The summed E-state index contributed by atoms with van der Waals surface area (Å²) in [6.07, 6.45) is 2.69. The van der Waals surface area contributed by atoms with E-state index in [2.05, 4.69) is 20.6 Å². The number of benzene rings is 1. The highest BCUT2D eigenvalue weighted by Gasteiger charge is 2.09. The van der Waals surface area contributed by atoms with Gasteiger partial charge in [-0.05, 0) is 43.2 Å². The fraction of sp³-hybridized carbons (Fsp3) is 0.429. The summed E-state index contributed by atoms with van der Waals surface area (Å²) in [4.78, 5) is 8.60. The Labute approximate surface area is 166 Å². The number of nitrogens with zero attached hydrogens (tertiary/aromatic N) is 2. The van der Waals surface area contributed by atoms with Crippen LogP contribution in [0, 0.1) is 6.92 Å². The van der Waals surface area contributed by atoms with Crippen LogP contribution in [0.1, 0.15) is 29.7 Å². The predicted octanol–water partition coefficient (Wildman–Crippen LogP) is 2.20. The second-order valence-electron chi connectivity index (χ2n) is 6.32. The lowest BCUT2D eigenvalue weighted by Crippen LogP contribution is -2.39. The Kier molecular flexibility index (Phi) is 9.24. The van der Waals surface area contributed by atoms with Gasteiger partial charge in [0.2, 0.25) is 0 Å². The highest BCUT2D eigenvalue weighted by molar-refractivity contribution is 5.79. The summed E-state index contributed by atoms with van der Waals surface area (Å²) in [5.74, 6) is 1.45. The van der Waals surface area contributed by atoms with E-state index in [0.717, 1.165) is 29.0 Å². The van der Waals surface area contributed by atoms with Crippen molar-refractivity contribution in [3.63, 3.8) is 0 Å². The third kappa shape index (κ3) is 7.17. The molecule has 2 rings (SSSR count). The molecule has 3 N–H and O–H groups in total. The van der Waals surface area contributed by atoms with Crippen molar-refractivity contribution in [2.24, 2.45) is 4.99 Å². The molecule has 28 heavy (non-hydrogen) atoms. The van der Waals surface area contributed by atoms with Crippen LogP contribution in [0.15, 0.2) is 47.7 Å². The van der Waals surface area contributed by atoms with E-state index in [1.165, 1.54) is 0 Å². The molecule has 7 nitrogen and oxygen atoms in total. The molecule has 0 spiro atoms. The number of ether oxygens (including phenoxy) is 2. The van der Waals surface area contributed by atoms with Crippen molar-refractivity contribution in [2.45, 2.75) is 26.5 Å². The number of aliphatic hydroxyl groups is 1. The lowest BCUT2D eigenvalue weighted by molar-refractivity contribution is 0.145. The average Bonchev–Trinajstić information content (AvgIpc) is 2.71. The van der Waals surface area contributed by atoms with Gasteiger partial charge in [0, 0.05) is 38.2 Å². The Hall–Kier alpha value is -2.64. The molecule has 1 atom stereocenters. The SMILES string of the molecule is CCNC(=NCc1ccc(C)cc1OCCOC)NCC(O)c1ccncc1. The van der Waals surface area contributed by atoms with Gasteiger partial charge in [0.25, 0.3) is 0 Å². The Morgan fingerprint density at radius 1 is 1.18 bits per heavy atom. The van der Waals surface area contributed by atoms with Crippen LogP contribution >= 0.6 is 0 Å². The first-order valence-corrected chi connectivity index (χ1v) is 9.45. The van der Waals surface area contributed by atoms with E-state index >= 15 is 0 Å². The topological polar surface area (TPSA) is 88.0 Å². The molecule has 2 aromatic rings. The Morgan fingerprint density at radius 2 is 1.96 bits per heavy atom. The Morgan fingerprint density at radius 3 is 2.68 bits per heavy atom. The molecule has 0 saturated heterocycles. The van der Waals surface area contributed by atoms with E-state index in [9.17, 15) is 5.11 Å². The monoisotopic (exact) mass is 386 g/mol. The molecule has 0 radical (unpaired) electrons. The van der Waals surface area contributed by atoms with E-state index in [-0.39, 0.29) is 0 Å². The number of aliphatic hydroxyl groups excluding tert-OH is 1. The number of methoxy groups -OCH3 is 1. The van der Waals surface area contributed by atoms with Crippen molar-refractivity contribution in [3.8, 4) is 5.75 Å². The third-order valence-corrected chi connectivity index (χ3v) is 4.07. The fourth-order valence-corrected chi connectivity index (χ4v) is 2.56. The van der Waals surface area contributed by atoms with Gasteiger partial charge in [-0.2, -0.15) is 0 Å². The van der Waals surface area contributed by atoms with Gasteiger partial charge in [-0.15, -0.1) is 0 Å². The molecule has 0 amide bonds. The predicted molar refractivity (Wildman–Crippen MR) is 111 cm³/mol. The smallest absolute Gasteiger partial charge is 0.191 e. The van der Waals surface area contributed by atoms with E-state index < -0.39 is 6.10 Å². The van der Waals surface area contributed by atoms with Gasteiger partial charge in [0.15, 0.2) is 5.96 Å². The average molecular weight is 386 g/mol. The lowest BCUT2D eigenvalue weighted by atomic mass is 10.1. The first-order valence-electron chi connectivity index (χ1n) is 9.45. The number of nitrogens with one attached hydrogen (secondary N) is 2. The number of hydrogen-bond donors (Lipinski definition) is 3. The van der Waals surface area contributed by atoms with E-state index in [4.69, 9.17) is 9.47 Å². The number of aromatic nitrogens is 1. The molecule has 0 aliphatic heterocycles. The van der Waals surface area contributed by atoms with E-state index in [1.807, 2.05) is 32.0 Å². The standard InChI is InChI=1S/C21H30N4O3/c1-4-23-21(25-15-19(26)17-7-9-22-10-8-17)24-14-18-6-5-16(2)13-20(18)28-12-11-27-3/h5-10,13,19,26H,4,11-12,14-15H2,1-3H3,(H2,23,24,25). The zero-order chi connectivity index (χ0) is 20.2. The highest BCUT2D eigenvalue weighted by atomic mass is 16.5. The van der Waals surface area contributed by atoms with Crippen molar-refractivity contribution in [2.75, 3.05) is 33.4 Å². The summed E-state index contributed by atoms with van der Waals surface area (Å²) in [6.45, 7) is 6.59. The minimum absolute atomic E-state index is 0.348. The minimum atomic E-state index is -0.640. The molecule has 0 fully saturated rings. The minimum Gasteiger partial charge on any atom is -0.491 e.